The van der Waals surface area contributed by atoms with Gasteiger partial charge in [0.05, 0.1) is 25.4 Å². The molecule has 0 spiro atoms. The van der Waals surface area contributed by atoms with Gasteiger partial charge in [-0.25, -0.2) is 0 Å². The van der Waals surface area contributed by atoms with Crippen molar-refractivity contribution in [1.82, 2.24) is 5.32 Å². The molecule has 0 saturated carbocycles. The molecule has 0 aliphatic heterocycles. The molecule has 2 unspecified atom stereocenters. The number of unbranched alkanes of at least 4 members (excludes halogenated alkanes) is 67. The molecule has 0 aromatic rings. The number of carbonyl (C=O) groups excluding carboxylic acids is 2. The monoisotopic (exact) mass is 1230 g/mol. The van der Waals surface area contributed by atoms with Crippen LogP contribution in [0.25, 0.3) is 0 Å². The lowest BCUT2D eigenvalue weighted by atomic mass is 10.0. The average molecular weight is 1230 g/mol. The summed E-state index contributed by atoms with van der Waals surface area (Å²) in [6.07, 6.45) is 96.4. The zero-order valence-electron chi connectivity index (χ0n) is 59.8. The van der Waals surface area contributed by atoms with Crippen LogP contribution in [0.2, 0.25) is 0 Å². The van der Waals surface area contributed by atoms with Gasteiger partial charge in [-0.1, -0.05) is 444 Å². The fraction of sp³-hybridized carbons (Fsp3) is 0.975. The van der Waals surface area contributed by atoms with Crippen LogP contribution in [0.5, 0.6) is 0 Å². The maximum atomic E-state index is 12.6. The quantitative estimate of drug-likeness (QED) is 0.0417. The Morgan fingerprint density at radius 1 is 0.276 bits per heavy atom. The van der Waals surface area contributed by atoms with Gasteiger partial charge in [0.25, 0.3) is 0 Å². The van der Waals surface area contributed by atoms with Gasteiger partial charge in [0, 0.05) is 12.8 Å². The predicted molar refractivity (Wildman–Crippen MR) is 384 cm³/mol. The molecule has 0 aromatic carbocycles. The van der Waals surface area contributed by atoms with E-state index >= 15 is 0 Å². The predicted octanol–water partition coefficient (Wildman–Crippen LogP) is 26.9. The molecule has 0 fully saturated rings. The van der Waals surface area contributed by atoms with Crippen LogP contribution in [0, 0.1) is 0 Å². The Morgan fingerprint density at radius 2 is 0.471 bits per heavy atom. The summed E-state index contributed by atoms with van der Waals surface area (Å²) in [5.74, 6) is 0.000802. The molecule has 0 saturated heterocycles. The molecule has 3 N–H and O–H groups in total. The summed E-state index contributed by atoms with van der Waals surface area (Å²) in [7, 11) is 0. The number of hydrogen-bond acceptors (Lipinski definition) is 5. The number of nitrogens with one attached hydrogen (secondary N) is 1. The van der Waals surface area contributed by atoms with Gasteiger partial charge in [0.1, 0.15) is 0 Å². The van der Waals surface area contributed by atoms with E-state index in [-0.39, 0.29) is 18.5 Å². The van der Waals surface area contributed by atoms with Gasteiger partial charge in [-0.3, -0.25) is 9.59 Å². The van der Waals surface area contributed by atoms with Crippen molar-refractivity contribution in [3.05, 3.63) is 0 Å². The third kappa shape index (κ3) is 73.8. The van der Waals surface area contributed by atoms with E-state index in [9.17, 15) is 19.8 Å². The van der Waals surface area contributed by atoms with Crippen molar-refractivity contribution < 1.29 is 24.5 Å². The van der Waals surface area contributed by atoms with Crippen LogP contribution in [0.4, 0.5) is 0 Å². The first kappa shape index (κ1) is 85.9. The van der Waals surface area contributed by atoms with Crippen LogP contribution in [-0.2, 0) is 14.3 Å². The number of aliphatic hydroxyl groups is 2. The second-order valence-electron chi connectivity index (χ2n) is 28.5. The standard InChI is InChI=1S/C81H161NO5/c1-3-5-7-9-11-13-15-17-18-19-20-21-22-31-34-37-40-43-46-50-53-57-61-65-69-73-79(84)78(77-83)82-80(85)74-70-66-62-58-54-51-47-44-41-38-35-32-29-27-25-23-24-26-28-30-33-36-39-42-45-48-52-56-60-64-68-72-76-87-81(86)75-71-67-63-59-55-49-16-14-12-10-8-6-4-2/h78-79,83-84H,3-77H2,1-2H3,(H,82,85). The van der Waals surface area contributed by atoms with Crippen molar-refractivity contribution in [3.63, 3.8) is 0 Å². The topological polar surface area (TPSA) is 95.9 Å². The molecule has 2 atom stereocenters. The van der Waals surface area contributed by atoms with E-state index in [4.69, 9.17) is 4.74 Å². The molecule has 1 amide bonds. The third-order valence-electron chi connectivity index (χ3n) is 19.7. The molecule has 87 heavy (non-hydrogen) atoms. The van der Waals surface area contributed by atoms with Gasteiger partial charge in [0.2, 0.25) is 5.91 Å². The first-order chi connectivity index (χ1) is 43.0. The largest absolute Gasteiger partial charge is 0.466 e. The third-order valence-corrected chi connectivity index (χ3v) is 19.7. The van der Waals surface area contributed by atoms with Gasteiger partial charge in [-0.15, -0.1) is 0 Å². The minimum absolute atomic E-state index is 0.0235. The maximum Gasteiger partial charge on any atom is 0.305 e. The van der Waals surface area contributed by atoms with E-state index in [0.29, 0.717) is 25.9 Å². The smallest absolute Gasteiger partial charge is 0.305 e. The van der Waals surface area contributed by atoms with Crippen molar-refractivity contribution >= 4 is 11.9 Å². The van der Waals surface area contributed by atoms with E-state index in [1.807, 2.05) is 0 Å². The maximum absolute atomic E-state index is 12.6. The van der Waals surface area contributed by atoms with Gasteiger partial charge in [-0.05, 0) is 25.7 Å². The van der Waals surface area contributed by atoms with Gasteiger partial charge in [-0.2, -0.15) is 0 Å². The van der Waals surface area contributed by atoms with E-state index in [0.717, 1.165) is 38.5 Å². The Balaban J connectivity index is 3.32. The molecule has 0 aromatic heterocycles. The van der Waals surface area contributed by atoms with E-state index in [1.54, 1.807) is 0 Å². The van der Waals surface area contributed by atoms with Gasteiger partial charge in [0.15, 0.2) is 0 Å². The summed E-state index contributed by atoms with van der Waals surface area (Å²) >= 11 is 0. The Morgan fingerprint density at radius 3 is 0.701 bits per heavy atom. The number of ether oxygens (including phenoxy) is 1. The zero-order chi connectivity index (χ0) is 62.8. The average Bonchev–Trinajstić information content (AvgIpc) is 3.57. The highest BCUT2D eigenvalue weighted by molar-refractivity contribution is 5.76. The van der Waals surface area contributed by atoms with Crippen LogP contribution in [0.1, 0.15) is 483 Å². The van der Waals surface area contributed by atoms with Crippen LogP contribution in [-0.4, -0.2) is 47.4 Å². The molecule has 0 heterocycles. The van der Waals surface area contributed by atoms with Crippen LogP contribution in [0.3, 0.4) is 0 Å². The van der Waals surface area contributed by atoms with Gasteiger partial charge < -0.3 is 20.3 Å². The number of rotatable bonds is 78. The van der Waals surface area contributed by atoms with Crippen molar-refractivity contribution in [2.45, 2.75) is 495 Å². The van der Waals surface area contributed by atoms with E-state index in [2.05, 4.69) is 19.2 Å². The van der Waals surface area contributed by atoms with Crippen molar-refractivity contribution in [2.24, 2.45) is 0 Å². The summed E-state index contributed by atoms with van der Waals surface area (Å²) in [6.45, 7) is 5.02. The fourth-order valence-corrected chi connectivity index (χ4v) is 13.5. The van der Waals surface area contributed by atoms with Crippen molar-refractivity contribution in [2.75, 3.05) is 13.2 Å². The Hall–Kier alpha value is -1.14. The summed E-state index contributed by atoms with van der Waals surface area (Å²) < 4.78 is 5.50. The molecule has 0 radical (unpaired) electrons. The summed E-state index contributed by atoms with van der Waals surface area (Å²) in [6, 6.07) is -0.538. The lowest BCUT2D eigenvalue weighted by Gasteiger charge is -2.22. The first-order valence-electron chi connectivity index (χ1n) is 40.8. The highest BCUT2D eigenvalue weighted by Gasteiger charge is 2.20. The molecule has 0 aliphatic carbocycles. The molecular weight excluding hydrogens is 1070 g/mol. The number of carbonyl (C=O) groups is 2. The molecule has 6 nitrogen and oxygen atoms in total. The first-order valence-corrected chi connectivity index (χ1v) is 40.8. The Bertz CT molecular complexity index is 1280. The Kier molecular flexibility index (Phi) is 76.3. The summed E-state index contributed by atoms with van der Waals surface area (Å²) in [4.78, 5) is 24.6. The molecular formula is C81H161NO5. The van der Waals surface area contributed by atoms with E-state index in [1.165, 1.54) is 411 Å². The highest BCUT2D eigenvalue weighted by Crippen LogP contribution is 2.21. The summed E-state index contributed by atoms with van der Waals surface area (Å²) in [5, 5.41) is 23.5. The number of amides is 1. The van der Waals surface area contributed by atoms with Crippen LogP contribution < -0.4 is 5.32 Å². The zero-order valence-corrected chi connectivity index (χ0v) is 59.8. The number of hydrogen-bond donors (Lipinski definition) is 3. The number of esters is 1. The summed E-state index contributed by atoms with van der Waals surface area (Å²) in [5.41, 5.74) is 0. The van der Waals surface area contributed by atoms with Crippen LogP contribution in [0.15, 0.2) is 0 Å². The van der Waals surface area contributed by atoms with Gasteiger partial charge >= 0.3 is 5.97 Å². The lowest BCUT2D eigenvalue weighted by molar-refractivity contribution is -0.143. The number of aliphatic hydroxyl groups excluding tert-OH is 2. The second-order valence-corrected chi connectivity index (χ2v) is 28.5. The minimum atomic E-state index is -0.662. The molecule has 0 aliphatic rings. The fourth-order valence-electron chi connectivity index (χ4n) is 13.5. The molecule has 0 rings (SSSR count). The van der Waals surface area contributed by atoms with Crippen molar-refractivity contribution in [3.8, 4) is 0 Å². The second kappa shape index (κ2) is 77.3. The Labute approximate surface area is 547 Å². The highest BCUT2D eigenvalue weighted by atomic mass is 16.5. The lowest BCUT2D eigenvalue weighted by Crippen LogP contribution is -2.45. The van der Waals surface area contributed by atoms with E-state index < -0.39 is 12.1 Å². The SMILES string of the molecule is CCCCCCCCCCCCCCCCCCCCCCCCCCCC(O)C(CO)NC(=O)CCCCCCCCCCCCCCCCCCCCCCCCCCCCCCCCCCOC(=O)CCCCCCCCCCCCCCC. The minimum Gasteiger partial charge on any atom is -0.466 e. The molecule has 6 heteroatoms. The normalized spacial score (nSPS) is 12.4. The van der Waals surface area contributed by atoms with Crippen molar-refractivity contribution in [1.29, 1.82) is 0 Å². The van der Waals surface area contributed by atoms with Crippen LogP contribution >= 0.6 is 0 Å². The molecule has 520 valence electrons. The molecule has 0 bridgehead atoms.